The number of nitrogens with one attached hydrogen (secondary N) is 1. The molecule has 0 aromatic carbocycles. The van der Waals surface area contributed by atoms with Gasteiger partial charge >= 0.3 is 12.5 Å². The highest BCUT2D eigenvalue weighted by Gasteiger charge is 2.50. The van der Waals surface area contributed by atoms with E-state index in [2.05, 4.69) is 10.3 Å². The van der Waals surface area contributed by atoms with E-state index in [1.165, 1.54) is 12.4 Å². The predicted molar refractivity (Wildman–Crippen MR) is 66.1 cm³/mol. The molecule has 4 atom stereocenters. The molecule has 2 saturated carbocycles. The van der Waals surface area contributed by atoms with Crippen molar-refractivity contribution in [3.05, 3.63) is 18.2 Å². The molecule has 1 aromatic heterocycles. The standard InChI is InChI=1S/C13H17F2N3O2/c14-13(15)18-4-3-16-9(18)6-17-11-8-2-1-7(5-8)10(11)12(19)20/h3-4,7-8,10-11,13,17H,1-2,5-6H2,(H,19,20). The first kappa shape index (κ1) is 13.5. The average molecular weight is 285 g/mol. The van der Waals surface area contributed by atoms with Crippen LogP contribution < -0.4 is 5.32 Å². The molecule has 110 valence electrons. The van der Waals surface area contributed by atoms with Gasteiger partial charge in [-0.1, -0.05) is 0 Å². The molecule has 2 N–H and O–H groups in total. The lowest BCUT2D eigenvalue weighted by molar-refractivity contribution is -0.144. The summed E-state index contributed by atoms with van der Waals surface area (Å²) in [5.41, 5.74) is 0. The van der Waals surface area contributed by atoms with Gasteiger partial charge in [0.15, 0.2) is 0 Å². The highest BCUT2D eigenvalue weighted by molar-refractivity contribution is 5.72. The van der Waals surface area contributed by atoms with Crippen molar-refractivity contribution in [2.45, 2.75) is 38.4 Å². The van der Waals surface area contributed by atoms with Crippen molar-refractivity contribution in [1.82, 2.24) is 14.9 Å². The minimum atomic E-state index is -2.62. The van der Waals surface area contributed by atoms with Gasteiger partial charge in [-0.15, -0.1) is 0 Å². The number of nitrogens with zero attached hydrogens (tertiary/aromatic N) is 2. The van der Waals surface area contributed by atoms with Gasteiger partial charge in [-0.05, 0) is 31.1 Å². The van der Waals surface area contributed by atoms with Gasteiger partial charge in [-0.2, -0.15) is 8.78 Å². The molecular formula is C13H17F2N3O2. The van der Waals surface area contributed by atoms with Crippen molar-refractivity contribution in [2.75, 3.05) is 0 Å². The molecule has 0 spiro atoms. The van der Waals surface area contributed by atoms with Crippen LogP contribution in [0.15, 0.2) is 12.4 Å². The fraction of sp³-hybridized carbons (Fsp3) is 0.692. The van der Waals surface area contributed by atoms with Crippen molar-refractivity contribution in [3.8, 4) is 0 Å². The van der Waals surface area contributed by atoms with E-state index in [-0.39, 0.29) is 24.3 Å². The topological polar surface area (TPSA) is 67.2 Å². The fourth-order valence-electron chi connectivity index (χ4n) is 3.81. The molecule has 7 heteroatoms. The molecule has 1 heterocycles. The second kappa shape index (κ2) is 5.12. The predicted octanol–water partition coefficient (Wildman–Crippen LogP) is 1.87. The van der Waals surface area contributed by atoms with E-state index >= 15 is 0 Å². The van der Waals surface area contributed by atoms with Gasteiger partial charge in [-0.3, -0.25) is 9.36 Å². The summed E-state index contributed by atoms with van der Waals surface area (Å²) in [6.45, 7) is -2.45. The van der Waals surface area contributed by atoms with Crippen molar-refractivity contribution in [3.63, 3.8) is 0 Å². The van der Waals surface area contributed by atoms with E-state index in [4.69, 9.17) is 0 Å². The Morgan fingerprint density at radius 2 is 2.25 bits per heavy atom. The number of alkyl halides is 2. The molecule has 0 aliphatic heterocycles. The molecule has 20 heavy (non-hydrogen) atoms. The first-order chi connectivity index (χ1) is 9.58. The Hall–Kier alpha value is -1.50. The minimum absolute atomic E-state index is 0.130. The fourth-order valence-corrected chi connectivity index (χ4v) is 3.81. The molecule has 0 saturated heterocycles. The SMILES string of the molecule is O=C(O)C1C2CCC(C2)C1NCc1nccn1C(F)F. The number of imidazole rings is 1. The van der Waals surface area contributed by atoms with Crippen LogP contribution in [0.2, 0.25) is 0 Å². The van der Waals surface area contributed by atoms with Crippen LogP contribution in [0, 0.1) is 17.8 Å². The highest BCUT2D eigenvalue weighted by atomic mass is 19.3. The Bertz CT molecular complexity index is 506. The van der Waals surface area contributed by atoms with Gasteiger partial charge < -0.3 is 10.4 Å². The van der Waals surface area contributed by atoms with E-state index in [0.717, 1.165) is 23.8 Å². The van der Waals surface area contributed by atoms with Gasteiger partial charge in [0.2, 0.25) is 0 Å². The third-order valence-electron chi connectivity index (χ3n) is 4.66. The van der Waals surface area contributed by atoms with Crippen molar-refractivity contribution in [1.29, 1.82) is 0 Å². The molecule has 2 aliphatic rings. The first-order valence-corrected chi connectivity index (χ1v) is 6.84. The maximum atomic E-state index is 12.7. The largest absolute Gasteiger partial charge is 0.481 e. The summed E-state index contributed by atoms with van der Waals surface area (Å²) in [6, 6.07) is -0.130. The maximum Gasteiger partial charge on any atom is 0.319 e. The molecule has 4 unspecified atom stereocenters. The summed E-state index contributed by atoms with van der Waals surface area (Å²) < 4.78 is 26.2. The average Bonchev–Trinajstić information content (AvgIpc) is 3.10. The summed E-state index contributed by atoms with van der Waals surface area (Å²) in [5.74, 6) is -0.372. The molecule has 5 nitrogen and oxygen atoms in total. The van der Waals surface area contributed by atoms with Crippen LogP contribution in [0.3, 0.4) is 0 Å². The van der Waals surface area contributed by atoms with E-state index in [1.54, 1.807) is 0 Å². The summed E-state index contributed by atoms with van der Waals surface area (Å²) in [5, 5.41) is 12.5. The second-order valence-electron chi connectivity index (χ2n) is 5.63. The van der Waals surface area contributed by atoms with Crippen LogP contribution >= 0.6 is 0 Å². The summed E-state index contributed by atoms with van der Waals surface area (Å²) in [6.07, 6.45) is 5.48. The molecular weight excluding hydrogens is 268 g/mol. The number of carboxylic acid groups (broad SMARTS) is 1. The molecule has 1 aromatic rings. The quantitative estimate of drug-likeness (QED) is 0.866. The Morgan fingerprint density at radius 1 is 1.50 bits per heavy atom. The summed E-state index contributed by atoms with van der Waals surface area (Å²) in [4.78, 5) is 15.3. The lowest BCUT2D eigenvalue weighted by Gasteiger charge is -2.29. The number of carbonyl (C=O) groups is 1. The van der Waals surface area contributed by atoms with Crippen LogP contribution in [0.1, 0.15) is 31.6 Å². The lowest BCUT2D eigenvalue weighted by atomic mass is 9.84. The van der Waals surface area contributed by atoms with Crippen LogP contribution in [0.4, 0.5) is 8.78 Å². The van der Waals surface area contributed by atoms with E-state index in [1.807, 2.05) is 0 Å². The Balaban J connectivity index is 1.68. The smallest absolute Gasteiger partial charge is 0.319 e. The molecule has 2 aliphatic carbocycles. The Morgan fingerprint density at radius 3 is 2.95 bits per heavy atom. The normalized spacial score (nSPS) is 32.1. The number of aliphatic carboxylic acids is 1. The van der Waals surface area contributed by atoms with Gasteiger partial charge in [-0.25, -0.2) is 4.98 Å². The van der Waals surface area contributed by atoms with Gasteiger partial charge in [0.25, 0.3) is 0 Å². The molecule has 2 fully saturated rings. The van der Waals surface area contributed by atoms with Crippen molar-refractivity contribution in [2.24, 2.45) is 17.8 Å². The Labute approximate surface area is 115 Å². The zero-order valence-electron chi connectivity index (χ0n) is 10.9. The van der Waals surface area contributed by atoms with E-state index < -0.39 is 18.4 Å². The van der Waals surface area contributed by atoms with E-state index in [9.17, 15) is 18.7 Å². The number of halogens is 2. The summed E-state index contributed by atoms with van der Waals surface area (Å²) in [7, 11) is 0. The third kappa shape index (κ3) is 2.19. The molecule has 0 amide bonds. The molecule has 3 rings (SSSR count). The Kier molecular flexibility index (Phi) is 3.45. The minimum Gasteiger partial charge on any atom is -0.481 e. The number of aromatic nitrogens is 2. The van der Waals surface area contributed by atoms with Crippen LogP contribution in [0.25, 0.3) is 0 Å². The number of rotatable bonds is 5. The first-order valence-electron chi connectivity index (χ1n) is 6.84. The van der Waals surface area contributed by atoms with Gasteiger partial charge in [0, 0.05) is 18.4 Å². The van der Waals surface area contributed by atoms with Crippen LogP contribution in [-0.2, 0) is 11.3 Å². The summed E-state index contributed by atoms with van der Waals surface area (Å²) >= 11 is 0. The number of hydrogen-bond acceptors (Lipinski definition) is 3. The monoisotopic (exact) mass is 285 g/mol. The molecule has 0 radical (unpaired) electrons. The molecule has 2 bridgehead atoms. The third-order valence-corrected chi connectivity index (χ3v) is 4.66. The van der Waals surface area contributed by atoms with Crippen LogP contribution in [0.5, 0.6) is 0 Å². The highest BCUT2D eigenvalue weighted by Crippen LogP contribution is 2.48. The number of carboxylic acids is 1. The zero-order valence-corrected chi connectivity index (χ0v) is 10.9. The van der Waals surface area contributed by atoms with Crippen LogP contribution in [-0.4, -0.2) is 26.7 Å². The van der Waals surface area contributed by atoms with Crippen molar-refractivity contribution < 1.29 is 18.7 Å². The lowest BCUT2D eigenvalue weighted by Crippen LogP contribution is -2.44. The zero-order chi connectivity index (χ0) is 14.3. The number of hydrogen-bond donors (Lipinski definition) is 2. The van der Waals surface area contributed by atoms with Gasteiger partial charge in [0.1, 0.15) is 5.82 Å². The van der Waals surface area contributed by atoms with Crippen molar-refractivity contribution >= 4 is 5.97 Å². The number of fused-ring (bicyclic) bond motifs is 2. The van der Waals surface area contributed by atoms with E-state index in [0.29, 0.717) is 5.92 Å². The van der Waals surface area contributed by atoms with Gasteiger partial charge in [0.05, 0.1) is 12.5 Å². The second-order valence-corrected chi connectivity index (χ2v) is 5.63. The maximum absolute atomic E-state index is 12.7.